The van der Waals surface area contributed by atoms with Gasteiger partial charge < -0.3 is 0 Å². The summed E-state index contributed by atoms with van der Waals surface area (Å²) in [6.07, 6.45) is 3.18. The zero-order chi connectivity index (χ0) is 13.0. The summed E-state index contributed by atoms with van der Waals surface area (Å²) in [5.41, 5.74) is 1.40. The second-order valence-electron chi connectivity index (χ2n) is 3.54. The summed E-state index contributed by atoms with van der Waals surface area (Å²) in [6, 6.07) is 12.5. The highest BCUT2D eigenvalue weighted by atomic mass is 35.5. The lowest BCUT2D eigenvalue weighted by Crippen LogP contribution is -1.88. The fourth-order valence-electron chi connectivity index (χ4n) is 1.41. The molecule has 88 valence electrons. The number of allylic oxidation sites excluding steroid dienone is 1. The van der Waals surface area contributed by atoms with Crippen molar-refractivity contribution >= 4 is 34.8 Å². The summed E-state index contributed by atoms with van der Waals surface area (Å²) in [5, 5.41) is 8.77. The highest BCUT2D eigenvalue weighted by Gasteiger charge is 2.04. The van der Waals surface area contributed by atoms with Gasteiger partial charge in [-0.05, 0) is 35.9 Å². The number of carbonyl (C=O) groups excluding carboxylic acids is 1. The van der Waals surface area contributed by atoms with Gasteiger partial charge in [0.05, 0.1) is 20.8 Å². The standard InChI is InChI=1S/C14H8ClNOS/c15-14-7-6-13(18-14)12(17)5-4-10-2-1-3-11(8-10)9-16/h1-8H/b5-4+. The number of ketones is 1. The van der Waals surface area contributed by atoms with E-state index in [0.29, 0.717) is 14.8 Å². The van der Waals surface area contributed by atoms with Crippen molar-refractivity contribution in [2.45, 2.75) is 0 Å². The van der Waals surface area contributed by atoms with E-state index < -0.39 is 0 Å². The predicted molar refractivity (Wildman–Crippen MR) is 73.9 cm³/mol. The second-order valence-corrected chi connectivity index (χ2v) is 5.25. The van der Waals surface area contributed by atoms with E-state index in [4.69, 9.17) is 16.9 Å². The minimum atomic E-state index is -0.0886. The van der Waals surface area contributed by atoms with Crippen molar-refractivity contribution in [3.8, 4) is 6.07 Å². The molecule has 1 aromatic heterocycles. The van der Waals surface area contributed by atoms with Crippen LogP contribution in [-0.4, -0.2) is 5.78 Å². The first-order valence-corrected chi connectivity index (χ1v) is 6.36. The van der Waals surface area contributed by atoms with Crippen LogP contribution in [0.15, 0.2) is 42.5 Å². The van der Waals surface area contributed by atoms with Crippen molar-refractivity contribution in [3.05, 3.63) is 62.8 Å². The monoisotopic (exact) mass is 273 g/mol. The number of hydrogen-bond donors (Lipinski definition) is 0. The van der Waals surface area contributed by atoms with Gasteiger partial charge in [-0.1, -0.05) is 29.8 Å². The van der Waals surface area contributed by atoms with Gasteiger partial charge in [0.25, 0.3) is 0 Å². The molecule has 2 nitrogen and oxygen atoms in total. The van der Waals surface area contributed by atoms with Gasteiger partial charge in [0.15, 0.2) is 5.78 Å². The van der Waals surface area contributed by atoms with E-state index >= 15 is 0 Å². The van der Waals surface area contributed by atoms with Gasteiger partial charge in [-0.2, -0.15) is 5.26 Å². The zero-order valence-electron chi connectivity index (χ0n) is 9.26. The Bertz CT molecular complexity index is 652. The van der Waals surface area contributed by atoms with Crippen molar-refractivity contribution in [1.82, 2.24) is 0 Å². The summed E-state index contributed by atoms with van der Waals surface area (Å²) < 4.78 is 0.596. The molecule has 0 aliphatic rings. The van der Waals surface area contributed by atoms with Gasteiger partial charge in [-0.25, -0.2) is 0 Å². The third-order valence-corrected chi connectivity index (χ3v) is 3.50. The number of nitrogens with zero attached hydrogens (tertiary/aromatic N) is 1. The molecule has 0 aliphatic carbocycles. The average Bonchev–Trinajstić information content (AvgIpc) is 2.83. The van der Waals surface area contributed by atoms with Crippen molar-refractivity contribution in [2.24, 2.45) is 0 Å². The normalized spacial score (nSPS) is 10.4. The zero-order valence-corrected chi connectivity index (χ0v) is 10.8. The summed E-state index contributed by atoms with van der Waals surface area (Å²) in [5.74, 6) is -0.0886. The van der Waals surface area contributed by atoms with Crippen molar-refractivity contribution < 1.29 is 4.79 Å². The smallest absolute Gasteiger partial charge is 0.195 e. The van der Waals surface area contributed by atoms with Crippen LogP contribution in [0.4, 0.5) is 0 Å². The minimum Gasteiger partial charge on any atom is -0.288 e. The molecule has 2 aromatic rings. The van der Waals surface area contributed by atoms with E-state index in [0.717, 1.165) is 5.56 Å². The first-order valence-electron chi connectivity index (χ1n) is 5.17. The molecule has 2 rings (SSSR count). The van der Waals surface area contributed by atoms with E-state index in [1.165, 1.54) is 17.4 Å². The van der Waals surface area contributed by atoms with Crippen LogP contribution in [0.25, 0.3) is 6.08 Å². The van der Waals surface area contributed by atoms with Gasteiger partial charge >= 0.3 is 0 Å². The number of carbonyl (C=O) groups is 1. The SMILES string of the molecule is N#Cc1cccc(/C=C/C(=O)c2ccc(Cl)s2)c1. The number of rotatable bonds is 3. The molecule has 0 bridgehead atoms. The van der Waals surface area contributed by atoms with E-state index in [9.17, 15) is 4.79 Å². The topological polar surface area (TPSA) is 40.9 Å². The molecule has 0 amide bonds. The number of nitriles is 1. The maximum absolute atomic E-state index is 11.8. The summed E-state index contributed by atoms with van der Waals surface area (Å²) in [6.45, 7) is 0. The maximum atomic E-state index is 11.8. The molecular weight excluding hydrogens is 266 g/mol. The number of hydrogen-bond acceptors (Lipinski definition) is 3. The Morgan fingerprint density at radius 2 is 2.17 bits per heavy atom. The van der Waals surface area contributed by atoms with E-state index in [1.807, 2.05) is 6.07 Å². The maximum Gasteiger partial charge on any atom is 0.195 e. The van der Waals surface area contributed by atoms with Gasteiger partial charge in [-0.3, -0.25) is 4.79 Å². The van der Waals surface area contributed by atoms with E-state index in [-0.39, 0.29) is 5.78 Å². The fraction of sp³-hybridized carbons (Fsp3) is 0. The number of halogens is 1. The van der Waals surface area contributed by atoms with Crippen LogP contribution < -0.4 is 0 Å². The van der Waals surface area contributed by atoms with Crippen molar-refractivity contribution in [2.75, 3.05) is 0 Å². The summed E-state index contributed by atoms with van der Waals surface area (Å²) in [4.78, 5) is 12.4. The highest BCUT2D eigenvalue weighted by Crippen LogP contribution is 2.22. The largest absolute Gasteiger partial charge is 0.288 e. The fourth-order valence-corrected chi connectivity index (χ4v) is 2.38. The Kier molecular flexibility index (Phi) is 3.93. The molecule has 4 heteroatoms. The van der Waals surface area contributed by atoms with Crippen LogP contribution in [0.1, 0.15) is 20.8 Å². The Hall–Kier alpha value is -1.89. The molecule has 0 atom stereocenters. The third kappa shape index (κ3) is 3.07. The predicted octanol–water partition coefficient (Wildman–Crippen LogP) is 4.17. The lowest BCUT2D eigenvalue weighted by Gasteiger charge is -1.93. The Morgan fingerprint density at radius 3 is 2.83 bits per heavy atom. The van der Waals surface area contributed by atoms with Crippen molar-refractivity contribution in [1.29, 1.82) is 5.26 Å². The van der Waals surface area contributed by atoms with Gasteiger partial charge in [0.2, 0.25) is 0 Å². The second kappa shape index (κ2) is 5.63. The first-order chi connectivity index (χ1) is 8.69. The molecule has 18 heavy (non-hydrogen) atoms. The van der Waals surface area contributed by atoms with Crippen LogP contribution in [0.3, 0.4) is 0 Å². The van der Waals surface area contributed by atoms with Crippen LogP contribution in [0.5, 0.6) is 0 Å². The molecule has 0 fully saturated rings. The lowest BCUT2D eigenvalue weighted by atomic mass is 10.1. The van der Waals surface area contributed by atoms with Crippen molar-refractivity contribution in [3.63, 3.8) is 0 Å². The third-order valence-electron chi connectivity index (χ3n) is 2.26. The lowest BCUT2D eigenvalue weighted by molar-refractivity contribution is 0.105. The molecule has 1 aromatic carbocycles. The first kappa shape index (κ1) is 12.6. The quantitative estimate of drug-likeness (QED) is 0.622. The van der Waals surface area contributed by atoms with Crippen LogP contribution >= 0.6 is 22.9 Å². The van der Waals surface area contributed by atoms with Gasteiger partial charge in [0, 0.05) is 0 Å². The number of thiophene rings is 1. The van der Waals surface area contributed by atoms with Crippen LogP contribution in [0, 0.1) is 11.3 Å². The molecule has 0 aliphatic heterocycles. The Balaban J connectivity index is 2.16. The highest BCUT2D eigenvalue weighted by molar-refractivity contribution is 7.18. The van der Waals surface area contributed by atoms with E-state index in [2.05, 4.69) is 6.07 Å². The molecule has 1 heterocycles. The summed E-state index contributed by atoms with van der Waals surface area (Å²) >= 11 is 7.02. The summed E-state index contributed by atoms with van der Waals surface area (Å²) in [7, 11) is 0. The molecule has 0 spiro atoms. The van der Waals surface area contributed by atoms with E-state index in [1.54, 1.807) is 36.4 Å². The molecular formula is C14H8ClNOS. The Morgan fingerprint density at radius 1 is 1.33 bits per heavy atom. The molecule has 0 radical (unpaired) electrons. The van der Waals surface area contributed by atoms with Crippen LogP contribution in [-0.2, 0) is 0 Å². The molecule has 0 N–H and O–H groups in total. The van der Waals surface area contributed by atoms with Crippen LogP contribution in [0.2, 0.25) is 4.34 Å². The van der Waals surface area contributed by atoms with Gasteiger partial charge in [0.1, 0.15) is 0 Å². The molecule has 0 unspecified atom stereocenters. The van der Waals surface area contributed by atoms with Gasteiger partial charge in [-0.15, -0.1) is 11.3 Å². The molecule has 0 saturated carbocycles. The Labute approximate surface area is 114 Å². The number of benzene rings is 1. The average molecular weight is 274 g/mol. The minimum absolute atomic E-state index is 0.0886. The molecule has 0 saturated heterocycles.